The number of hydrogen-bond donors (Lipinski definition) is 0. The summed E-state index contributed by atoms with van der Waals surface area (Å²) in [4.78, 5) is 0. The molecule has 5 heteroatoms. The molecular weight excluding hydrogens is 119 g/mol. The van der Waals surface area contributed by atoms with Gasteiger partial charge in [-0.1, -0.05) is 0 Å². The van der Waals surface area contributed by atoms with Crippen LogP contribution in [0.1, 0.15) is 0 Å². The quantitative estimate of drug-likeness (QED) is 0.203. The number of rotatable bonds is 0. The van der Waals surface area contributed by atoms with E-state index in [1.54, 1.807) is 0 Å². The molecular formula is NaO2S2. The maximum absolute atomic E-state index is 4.10. The molecule has 0 atom stereocenters. The third-order valence-electron chi connectivity index (χ3n) is 0.111. The summed E-state index contributed by atoms with van der Waals surface area (Å²) < 4.78 is 8.20. The van der Waals surface area contributed by atoms with Gasteiger partial charge in [0.15, 0.2) is 0 Å². The smallest absolute Gasteiger partial charge is 0.136 e. The molecule has 1 aliphatic rings. The molecule has 0 aromatic carbocycles. The first-order valence-corrected chi connectivity index (χ1v) is 2.67. The first-order valence-electron chi connectivity index (χ1n) is 0.667. The maximum atomic E-state index is 4.10. The Morgan fingerprint density at radius 1 is 1.00 bits per heavy atom. The molecule has 0 saturated carbocycles. The van der Waals surface area contributed by atoms with Gasteiger partial charge in [-0.05, 0) is 0 Å². The first-order chi connectivity index (χ1) is 2.00. The van der Waals surface area contributed by atoms with Crippen LogP contribution in [0.15, 0.2) is 0 Å². The fourth-order valence-electron chi connectivity index (χ4n) is 0.0278. The van der Waals surface area contributed by atoms with Crippen LogP contribution in [0.4, 0.5) is 0 Å². The average molecular weight is 119 g/mol. The van der Waals surface area contributed by atoms with Crippen molar-refractivity contribution >= 4 is 51.7 Å². The predicted molar refractivity (Wildman–Crippen MR) is 23.1 cm³/mol. The van der Waals surface area contributed by atoms with Gasteiger partial charge < -0.3 is 0 Å². The van der Waals surface area contributed by atoms with Gasteiger partial charge in [-0.15, -0.1) is 8.67 Å². The SMILES string of the molecule is O1OSS1.[Na]. The molecule has 1 heterocycles. The molecule has 5 heavy (non-hydrogen) atoms. The van der Waals surface area contributed by atoms with E-state index in [1.807, 2.05) is 0 Å². The van der Waals surface area contributed by atoms with Gasteiger partial charge in [-0.2, -0.15) is 0 Å². The number of hydrogen-bond acceptors (Lipinski definition) is 4. The van der Waals surface area contributed by atoms with Gasteiger partial charge >= 0.3 is 0 Å². The van der Waals surface area contributed by atoms with Gasteiger partial charge in [-0.25, -0.2) is 0 Å². The Morgan fingerprint density at radius 2 is 1.20 bits per heavy atom. The first kappa shape index (κ1) is 6.62. The van der Waals surface area contributed by atoms with Crippen molar-refractivity contribution in [2.75, 3.05) is 0 Å². The second-order valence-corrected chi connectivity index (χ2v) is 1.63. The van der Waals surface area contributed by atoms with Crippen LogP contribution in [0.5, 0.6) is 0 Å². The minimum Gasteiger partial charge on any atom is -0.136 e. The van der Waals surface area contributed by atoms with E-state index in [1.165, 1.54) is 22.1 Å². The fourth-order valence-corrected chi connectivity index (χ4v) is 0.250. The summed E-state index contributed by atoms with van der Waals surface area (Å²) in [6.07, 6.45) is 0. The van der Waals surface area contributed by atoms with E-state index in [0.717, 1.165) is 0 Å². The Morgan fingerprint density at radius 3 is 1.20 bits per heavy atom. The van der Waals surface area contributed by atoms with Crippen LogP contribution < -0.4 is 0 Å². The topological polar surface area (TPSA) is 18.5 Å². The normalized spacial score (nSPS) is 19.2. The fraction of sp³-hybridized carbons (Fsp3) is 0. The third-order valence-corrected chi connectivity index (χ3v) is 1.00. The molecule has 1 radical (unpaired) electrons. The minimum atomic E-state index is 0. The van der Waals surface area contributed by atoms with E-state index < -0.39 is 0 Å². The Labute approximate surface area is 60.0 Å². The molecule has 0 bridgehead atoms. The molecule has 0 amide bonds. The van der Waals surface area contributed by atoms with Crippen molar-refractivity contribution in [1.29, 1.82) is 0 Å². The van der Waals surface area contributed by atoms with Crippen molar-refractivity contribution in [2.24, 2.45) is 0 Å². The minimum absolute atomic E-state index is 0. The van der Waals surface area contributed by atoms with Gasteiger partial charge in [0.1, 0.15) is 22.1 Å². The van der Waals surface area contributed by atoms with Crippen molar-refractivity contribution in [2.45, 2.75) is 0 Å². The summed E-state index contributed by atoms with van der Waals surface area (Å²) in [5.41, 5.74) is 0. The summed E-state index contributed by atoms with van der Waals surface area (Å²) in [6, 6.07) is 0. The molecule has 0 spiro atoms. The van der Waals surface area contributed by atoms with E-state index >= 15 is 0 Å². The van der Waals surface area contributed by atoms with Crippen LogP contribution in [0.3, 0.4) is 0 Å². The Bertz CT molecular complexity index is 15.6. The molecule has 0 aliphatic carbocycles. The molecule has 0 N–H and O–H groups in total. The van der Waals surface area contributed by atoms with E-state index in [0.29, 0.717) is 0 Å². The van der Waals surface area contributed by atoms with E-state index in [9.17, 15) is 0 Å². The monoisotopic (exact) mass is 119 g/mol. The van der Waals surface area contributed by atoms with Crippen LogP contribution in [0.25, 0.3) is 0 Å². The molecule has 0 aromatic rings. The van der Waals surface area contributed by atoms with Crippen molar-refractivity contribution in [3.8, 4) is 0 Å². The van der Waals surface area contributed by atoms with Crippen molar-refractivity contribution in [3.63, 3.8) is 0 Å². The Kier molecular flexibility index (Phi) is 5.03. The summed E-state index contributed by atoms with van der Waals surface area (Å²) in [7, 11) is 0. The van der Waals surface area contributed by atoms with Crippen LogP contribution in [-0.2, 0) is 8.67 Å². The summed E-state index contributed by atoms with van der Waals surface area (Å²) in [6.45, 7) is 0. The zero-order valence-corrected chi connectivity index (χ0v) is 6.27. The standard InChI is InChI=1S/Na.O2S2/c;1-2-4-3-1. The van der Waals surface area contributed by atoms with Gasteiger partial charge in [0.2, 0.25) is 0 Å². The zero-order valence-electron chi connectivity index (χ0n) is 2.63. The molecule has 0 aromatic heterocycles. The molecule has 2 nitrogen and oxygen atoms in total. The molecule has 0 unspecified atom stereocenters. The van der Waals surface area contributed by atoms with Crippen molar-refractivity contribution < 1.29 is 8.67 Å². The van der Waals surface area contributed by atoms with Crippen LogP contribution in [0.2, 0.25) is 0 Å². The van der Waals surface area contributed by atoms with Gasteiger partial charge in [-0.3, -0.25) is 0 Å². The Hall–Kier alpha value is 1.62. The van der Waals surface area contributed by atoms with Crippen LogP contribution >= 0.6 is 22.1 Å². The zero-order chi connectivity index (χ0) is 2.83. The molecule has 1 rings (SSSR count). The average Bonchev–Trinajstić information content (AvgIpc) is 0.722. The molecule has 1 aliphatic heterocycles. The molecule has 1 fully saturated rings. The second-order valence-electron chi connectivity index (χ2n) is 0.272. The van der Waals surface area contributed by atoms with E-state index in [4.69, 9.17) is 0 Å². The van der Waals surface area contributed by atoms with Crippen LogP contribution in [0, 0.1) is 0 Å². The summed E-state index contributed by atoms with van der Waals surface area (Å²) in [5.74, 6) is 0. The second kappa shape index (κ2) is 3.80. The third kappa shape index (κ3) is 2.33. The van der Waals surface area contributed by atoms with Gasteiger partial charge in [0.25, 0.3) is 0 Å². The summed E-state index contributed by atoms with van der Waals surface area (Å²) in [5, 5.41) is 0. The maximum Gasteiger partial charge on any atom is 0.136 e. The van der Waals surface area contributed by atoms with Crippen LogP contribution in [-0.4, -0.2) is 29.6 Å². The molecule has 25 valence electrons. The van der Waals surface area contributed by atoms with Crippen molar-refractivity contribution in [3.05, 3.63) is 0 Å². The van der Waals surface area contributed by atoms with E-state index in [2.05, 4.69) is 8.67 Å². The predicted octanol–water partition coefficient (Wildman–Crippen LogP) is 0.779. The van der Waals surface area contributed by atoms with Crippen molar-refractivity contribution in [1.82, 2.24) is 0 Å². The van der Waals surface area contributed by atoms with E-state index in [-0.39, 0.29) is 29.6 Å². The Balaban J connectivity index is 0.000000160. The van der Waals surface area contributed by atoms with Gasteiger partial charge in [0, 0.05) is 29.6 Å². The van der Waals surface area contributed by atoms with Gasteiger partial charge in [0.05, 0.1) is 0 Å². The largest absolute Gasteiger partial charge is 0.136 e. The molecule has 1 saturated heterocycles. The summed E-state index contributed by atoms with van der Waals surface area (Å²) >= 11 is 2.46.